The van der Waals surface area contributed by atoms with Crippen molar-refractivity contribution in [3.63, 3.8) is 0 Å². The molecule has 2 atom stereocenters. The number of nitrogens with zero attached hydrogens (tertiary/aromatic N) is 1. The molecule has 0 aromatic heterocycles. The van der Waals surface area contributed by atoms with Gasteiger partial charge in [-0.25, -0.2) is 0 Å². The molecule has 1 heterocycles. The van der Waals surface area contributed by atoms with E-state index in [1.54, 1.807) is 0 Å². The number of nitrogens with one attached hydrogen (secondary N) is 1. The summed E-state index contributed by atoms with van der Waals surface area (Å²) in [6, 6.07) is 12.6. The van der Waals surface area contributed by atoms with Crippen LogP contribution in [0.3, 0.4) is 0 Å². The lowest BCUT2D eigenvalue weighted by Crippen LogP contribution is -2.64. The SMILES string of the molecule is CCC1CN(C2CCCCC2)C(C)(c2ccccc2)CN1. The zero-order valence-corrected chi connectivity index (χ0v) is 13.6. The molecule has 21 heavy (non-hydrogen) atoms. The van der Waals surface area contributed by atoms with E-state index < -0.39 is 0 Å². The topological polar surface area (TPSA) is 15.3 Å². The summed E-state index contributed by atoms with van der Waals surface area (Å²) in [6.45, 7) is 7.02. The van der Waals surface area contributed by atoms with Crippen LogP contribution >= 0.6 is 0 Å². The molecule has 2 heteroatoms. The molecule has 0 bridgehead atoms. The first-order chi connectivity index (χ1) is 10.2. The van der Waals surface area contributed by atoms with Crippen LogP contribution in [0, 0.1) is 0 Å². The van der Waals surface area contributed by atoms with Crippen LogP contribution < -0.4 is 5.32 Å². The van der Waals surface area contributed by atoms with Crippen LogP contribution in [0.2, 0.25) is 0 Å². The van der Waals surface area contributed by atoms with E-state index in [9.17, 15) is 0 Å². The predicted octanol–water partition coefficient (Wildman–Crippen LogP) is 3.92. The van der Waals surface area contributed by atoms with E-state index in [0.29, 0.717) is 6.04 Å². The average Bonchev–Trinajstić information content (AvgIpc) is 2.57. The summed E-state index contributed by atoms with van der Waals surface area (Å²) < 4.78 is 0. The van der Waals surface area contributed by atoms with Crippen LogP contribution in [-0.4, -0.2) is 30.1 Å². The quantitative estimate of drug-likeness (QED) is 0.906. The maximum Gasteiger partial charge on any atom is 0.0560 e. The number of benzene rings is 1. The number of hydrogen-bond acceptors (Lipinski definition) is 2. The molecule has 0 radical (unpaired) electrons. The average molecular weight is 286 g/mol. The maximum absolute atomic E-state index is 3.79. The lowest BCUT2D eigenvalue weighted by atomic mass is 9.82. The molecule has 1 aromatic rings. The second kappa shape index (κ2) is 6.50. The molecule has 2 aliphatic rings. The Morgan fingerprint density at radius 3 is 2.52 bits per heavy atom. The molecule has 2 fully saturated rings. The highest BCUT2D eigenvalue weighted by atomic mass is 15.3. The fraction of sp³-hybridized carbons (Fsp3) is 0.684. The molecule has 0 amide bonds. The van der Waals surface area contributed by atoms with Gasteiger partial charge < -0.3 is 5.32 Å². The molecule has 0 spiro atoms. The molecular weight excluding hydrogens is 256 g/mol. The van der Waals surface area contributed by atoms with Gasteiger partial charge in [0, 0.05) is 25.2 Å². The Bertz CT molecular complexity index is 438. The number of piperazine rings is 1. The molecule has 1 saturated carbocycles. The van der Waals surface area contributed by atoms with Crippen molar-refractivity contribution in [1.82, 2.24) is 10.2 Å². The Labute approximate surface area is 129 Å². The highest BCUT2D eigenvalue weighted by molar-refractivity contribution is 5.26. The van der Waals surface area contributed by atoms with Gasteiger partial charge in [-0.2, -0.15) is 0 Å². The summed E-state index contributed by atoms with van der Waals surface area (Å²) in [6.07, 6.45) is 8.26. The Hall–Kier alpha value is -0.860. The normalized spacial score (nSPS) is 32.2. The monoisotopic (exact) mass is 286 g/mol. The Morgan fingerprint density at radius 2 is 1.86 bits per heavy atom. The number of hydrogen-bond donors (Lipinski definition) is 1. The smallest absolute Gasteiger partial charge is 0.0560 e. The third kappa shape index (κ3) is 3.02. The van der Waals surface area contributed by atoms with E-state index in [2.05, 4.69) is 54.4 Å². The van der Waals surface area contributed by atoms with Crippen LogP contribution in [0.25, 0.3) is 0 Å². The Balaban J connectivity index is 1.88. The van der Waals surface area contributed by atoms with Gasteiger partial charge in [0.2, 0.25) is 0 Å². The summed E-state index contributed by atoms with van der Waals surface area (Å²) >= 11 is 0. The Morgan fingerprint density at radius 1 is 1.14 bits per heavy atom. The standard InChI is InChI=1S/C19H30N2/c1-3-17-14-21(18-12-8-5-9-13-18)19(2,15-20-17)16-10-6-4-7-11-16/h4,6-7,10-11,17-18,20H,3,5,8-9,12-15H2,1-2H3. The van der Waals surface area contributed by atoms with Crippen LogP contribution in [0.1, 0.15) is 57.9 Å². The van der Waals surface area contributed by atoms with E-state index in [0.717, 1.165) is 12.6 Å². The minimum absolute atomic E-state index is 0.148. The fourth-order valence-electron chi connectivity index (χ4n) is 4.23. The third-order valence-corrected chi connectivity index (χ3v) is 5.69. The summed E-state index contributed by atoms with van der Waals surface area (Å²) in [5, 5.41) is 3.79. The summed E-state index contributed by atoms with van der Waals surface area (Å²) in [4.78, 5) is 2.84. The van der Waals surface area contributed by atoms with E-state index in [-0.39, 0.29) is 5.54 Å². The Kier molecular flexibility index (Phi) is 4.66. The van der Waals surface area contributed by atoms with Crippen molar-refractivity contribution in [2.75, 3.05) is 13.1 Å². The first-order valence-corrected chi connectivity index (χ1v) is 8.79. The van der Waals surface area contributed by atoms with Crippen molar-refractivity contribution in [2.45, 2.75) is 70.0 Å². The highest BCUT2D eigenvalue weighted by Gasteiger charge is 2.42. The minimum Gasteiger partial charge on any atom is -0.311 e. The van der Waals surface area contributed by atoms with Crippen LogP contribution in [0.4, 0.5) is 0 Å². The van der Waals surface area contributed by atoms with E-state index >= 15 is 0 Å². The first-order valence-electron chi connectivity index (χ1n) is 8.79. The van der Waals surface area contributed by atoms with Gasteiger partial charge in [-0.05, 0) is 31.7 Å². The van der Waals surface area contributed by atoms with E-state index in [4.69, 9.17) is 0 Å². The van der Waals surface area contributed by atoms with Crippen molar-refractivity contribution >= 4 is 0 Å². The second-order valence-electron chi connectivity index (χ2n) is 7.07. The van der Waals surface area contributed by atoms with Crippen molar-refractivity contribution in [3.05, 3.63) is 35.9 Å². The largest absolute Gasteiger partial charge is 0.311 e. The van der Waals surface area contributed by atoms with Crippen molar-refractivity contribution in [3.8, 4) is 0 Å². The van der Waals surface area contributed by atoms with Crippen LogP contribution in [0.5, 0.6) is 0 Å². The van der Waals surface area contributed by atoms with E-state index in [1.807, 2.05) is 0 Å². The molecule has 3 rings (SSSR count). The summed E-state index contributed by atoms with van der Waals surface area (Å²) in [5.74, 6) is 0. The van der Waals surface area contributed by atoms with E-state index in [1.165, 1.54) is 50.6 Å². The van der Waals surface area contributed by atoms with Gasteiger partial charge >= 0.3 is 0 Å². The molecular formula is C19H30N2. The van der Waals surface area contributed by atoms with Gasteiger partial charge in [0.05, 0.1) is 5.54 Å². The third-order valence-electron chi connectivity index (χ3n) is 5.69. The minimum atomic E-state index is 0.148. The van der Waals surface area contributed by atoms with Crippen molar-refractivity contribution in [2.24, 2.45) is 0 Å². The van der Waals surface area contributed by atoms with Gasteiger partial charge in [0.1, 0.15) is 0 Å². The van der Waals surface area contributed by atoms with Crippen molar-refractivity contribution in [1.29, 1.82) is 0 Å². The molecule has 1 aliphatic heterocycles. The highest BCUT2D eigenvalue weighted by Crippen LogP contribution is 2.36. The molecule has 1 N–H and O–H groups in total. The zero-order valence-electron chi connectivity index (χ0n) is 13.6. The summed E-state index contributed by atoms with van der Waals surface area (Å²) in [5.41, 5.74) is 1.62. The molecule has 1 saturated heterocycles. The molecule has 116 valence electrons. The lowest BCUT2D eigenvalue weighted by molar-refractivity contribution is -0.00429. The van der Waals surface area contributed by atoms with Gasteiger partial charge in [-0.1, -0.05) is 56.5 Å². The predicted molar refractivity (Wildman–Crippen MR) is 89.5 cm³/mol. The molecule has 2 unspecified atom stereocenters. The van der Waals surface area contributed by atoms with Gasteiger partial charge in [0.25, 0.3) is 0 Å². The maximum atomic E-state index is 3.79. The first kappa shape index (κ1) is 15.1. The molecule has 2 nitrogen and oxygen atoms in total. The summed E-state index contributed by atoms with van der Waals surface area (Å²) in [7, 11) is 0. The van der Waals surface area contributed by atoms with Crippen molar-refractivity contribution < 1.29 is 0 Å². The number of rotatable bonds is 3. The van der Waals surface area contributed by atoms with Crippen LogP contribution in [0.15, 0.2) is 30.3 Å². The molecule has 1 aromatic carbocycles. The van der Waals surface area contributed by atoms with Gasteiger partial charge in [-0.3, -0.25) is 4.90 Å². The van der Waals surface area contributed by atoms with Crippen LogP contribution in [-0.2, 0) is 5.54 Å². The fourth-order valence-corrected chi connectivity index (χ4v) is 4.23. The van der Waals surface area contributed by atoms with Gasteiger partial charge in [-0.15, -0.1) is 0 Å². The second-order valence-corrected chi connectivity index (χ2v) is 7.07. The zero-order chi connectivity index (χ0) is 14.7. The lowest BCUT2D eigenvalue weighted by Gasteiger charge is -2.52. The molecule has 1 aliphatic carbocycles. The van der Waals surface area contributed by atoms with Gasteiger partial charge in [0.15, 0.2) is 0 Å².